The smallest absolute Gasteiger partial charge is 0.259 e. The molecule has 0 aromatic carbocycles. The van der Waals surface area contributed by atoms with Crippen LogP contribution in [0.4, 0.5) is 0 Å². The Morgan fingerprint density at radius 2 is 1.82 bits per heavy atom. The number of nitrogens with zero attached hydrogens (tertiary/aromatic N) is 4. The predicted molar refractivity (Wildman–Crippen MR) is 131 cm³/mol. The van der Waals surface area contributed by atoms with E-state index in [2.05, 4.69) is 10.3 Å². The molecule has 0 radical (unpaired) electrons. The molecule has 4 rings (SSSR count). The normalized spacial score (nSPS) is 14.1. The molecule has 1 fully saturated rings. The van der Waals surface area contributed by atoms with Crippen molar-refractivity contribution in [1.29, 1.82) is 0 Å². The molecule has 180 valence electrons. The van der Waals surface area contributed by atoms with Gasteiger partial charge in [0.2, 0.25) is 5.43 Å². The van der Waals surface area contributed by atoms with E-state index in [4.69, 9.17) is 0 Å². The highest BCUT2D eigenvalue weighted by atomic mass is 16.2. The lowest BCUT2D eigenvalue weighted by molar-refractivity contribution is 0.0776. The molecule has 0 unspecified atom stereocenters. The Balaban J connectivity index is 1.61. The van der Waals surface area contributed by atoms with Crippen LogP contribution in [0.2, 0.25) is 0 Å². The van der Waals surface area contributed by atoms with Gasteiger partial charge in [-0.3, -0.25) is 14.4 Å². The number of nitrogens with one attached hydrogen (secondary N) is 1. The average molecular weight is 464 g/mol. The van der Waals surface area contributed by atoms with Gasteiger partial charge >= 0.3 is 0 Å². The van der Waals surface area contributed by atoms with E-state index in [0.717, 1.165) is 36.9 Å². The Morgan fingerprint density at radius 3 is 2.53 bits per heavy atom. The van der Waals surface area contributed by atoms with Gasteiger partial charge in [0, 0.05) is 44.4 Å². The van der Waals surface area contributed by atoms with Crippen LogP contribution in [0, 0.1) is 12.8 Å². The second-order valence-corrected chi connectivity index (χ2v) is 9.77. The molecule has 1 saturated carbocycles. The van der Waals surface area contributed by atoms with E-state index in [1.165, 1.54) is 0 Å². The van der Waals surface area contributed by atoms with Gasteiger partial charge in [-0.25, -0.2) is 4.98 Å². The maximum atomic E-state index is 13.3. The third kappa shape index (κ3) is 5.05. The Hall–Kier alpha value is -3.42. The first kappa shape index (κ1) is 23.7. The van der Waals surface area contributed by atoms with Crippen LogP contribution in [0.1, 0.15) is 77.5 Å². The average Bonchev–Trinajstić information content (AvgIpc) is 3.46. The van der Waals surface area contributed by atoms with Gasteiger partial charge in [0.1, 0.15) is 16.8 Å². The molecule has 34 heavy (non-hydrogen) atoms. The number of amides is 2. The minimum atomic E-state index is -0.530. The molecule has 0 spiro atoms. The fraction of sp³-hybridized carbons (Fsp3) is 0.462. The number of imidazole rings is 1. The van der Waals surface area contributed by atoms with E-state index in [1.54, 1.807) is 24.3 Å². The molecule has 8 nitrogen and oxygen atoms in total. The van der Waals surface area contributed by atoms with Crippen LogP contribution in [0.25, 0.3) is 5.65 Å². The summed E-state index contributed by atoms with van der Waals surface area (Å²) in [5, 5.41) is 2.82. The summed E-state index contributed by atoms with van der Waals surface area (Å²) in [4.78, 5) is 45.6. The van der Waals surface area contributed by atoms with Crippen LogP contribution in [-0.4, -0.2) is 44.3 Å². The standard InChI is InChI=1S/C26H33N5O3/c1-17(2)12-29(4)26(34)22-16-30(20-7-5-6-8-20)15-21(24(22)32)25(33)27-11-19-14-31-13-18(3)9-10-23(31)28-19/h9-10,13-17,20H,5-8,11-12H2,1-4H3,(H,27,33). The van der Waals surface area contributed by atoms with Crippen molar-refractivity contribution in [3.8, 4) is 0 Å². The number of hydrogen-bond acceptors (Lipinski definition) is 4. The highest BCUT2D eigenvalue weighted by Crippen LogP contribution is 2.29. The van der Waals surface area contributed by atoms with Gasteiger partial charge in [0.15, 0.2) is 0 Å². The molecule has 1 aliphatic carbocycles. The quantitative estimate of drug-likeness (QED) is 0.580. The maximum Gasteiger partial charge on any atom is 0.259 e. The van der Waals surface area contributed by atoms with E-state index in [-0.39, 0.29) is 35.5 Å². The van der Waals surface area contributed by atoms with E-state index < -0.39 is 11.3 Å². The molecule has 0 bridgehead atoms. The monoisotopic (exact) mass is 463 g/mol. The number of rotatable bonds is 7. The number of aryl methyl sites for hydroxylation is 1. The van der Waals surface area contributed by atoms with Crippen molar-refractivity contribution in [2.24, 2.45) is 5.92 Å². The summed E-state index contributed by atoms with van der Waals surface area (Å²) in [5.41, 5.74) is 2.11. The SMILES string of the molecule is Cc1ccc2nc(CNC(=O)c3cn(C4CCCC4)cc(C(=O)N(C)CC(C)C)c3=O)cn2c1. The van der Waals surface area contributed by atoms with Crippen molar-refractivity contribution in [2.45, 2.75) is 59.0 Å². The van der Waals surface area contributed by atoms with Crippen molar-refractivity contribution in [3.05, 3.63) is 69.5 Å². The number of carbonyl (C=O) groups excluding carboxylic acids is 2. The predicted octanol–water partition coefficient (Wildman–Crippen LogP) is 3.58. The Labute approximate surface area is 199 Å². The van der Waals surface area contributed by atoms with Crippen LogP contribution in [0.3, 0.4) is 0 Å². The first-order valence-electron chi connectivity index (χ1n) is 12.0. The number of fused-ring (bicyclic) bond motifs is 1. The summed E-state index contributed by atoms with van der Waals surface area (Å²) in [6, 6.07) is 4.09. The Morgan fingerprint density at radius 1 is 1.12 bits per heavy atom. The molecule has 2 amide bonds. The second kappa shape index (κ2) is 9.83. The van der Waals surface area contributed by atoms with Crippen molar-refractivity contribution in [3.63, 3.8) is 0 Å². The Kier molecular flexibility index (Phi) is 6.86. The zero-order valence-corrected chi connectivity index (χ0v) is 20.4. The summed E-state index contributed by atoms with van der Waals surface area (Å²) in [6.07, 6.45) is 11.2. The van der Waals surface area contributed by atoms with Gasteiger partial charge < -0.3 is 19.2 Å². The summed E-state index contributed by atoms with van der Waals surface area (Å²) >= 11 is 0. The molecule has 0 atom stereocenters. The largest absolute Gasteiger partial charge is 0.349 e. The van der Waals surface area contributed by atoms with Gasteiger partial charge in [-0.15, -0.1) is 0 Å². The van der Waals surface area contributed by atoms with Crippen LogP contribution >= 0.6 is 0 Å². The number of hydrogen-bond donors (Lipinski definition) is 1. The summed E-state index contributed by atoms with van der Waals surface area (Å²) in [7, 11) is 1.69. The first-order valence-corrected chi connectivity index (χ1v) is 12.0. The van der Waals surface area contributed by atoms with E-state index in [0.29, 0.717) is 12.2 Å². The topological polar surface area (TPSA) is 88.7 Å². The third-order valence-corrected chi connectivity index (χ3v) is 6.33. The van der Waals surface area contributed by atoms with Crippen LogP contribution < -0.4 is 10.7 Å². The van der Waals surface area contributed by atoms with Crippen LogP contribution in [-0.2, 0) is 6.54 Å². The summed E-state index contributed by atoms with van der Waals surface area (Å²) in [6.45, 7) is 6.76. The zero-order valence-electron chi connectivity index (χ0n) is 20.4. The molecule has 0 aliphatic heterocycles. The minimum Gasteiger partial charge on any atom is -0.349 e. The molecular weight excluding hydrogens is 430 g/mol. The Bertz CT molecular complexity index is 1270. The van der Waals surface area contributed by atoms with Crippen LogP contribution in [0.15, 0.2) is 41.7 Å². The molecule has 3 heterocycles. The molecule has 3 aromatic heterocycles. The lowest BCUT2D eigenvalue weighted by Crippen LogP contribution is -2.37. The van der Waals surface area contributed by atoms with E-state index in [9.17, 15) is 14.4 Å². The number of aromatic nitrogens is 3. The van der Waals surface area contributed by atoms with Gasteiger partial charge in [0.25, 0.3) is 11.8 Å². The third-order valence-electron chi connectivity index (χ3n) is 6.33. The fourth-order valence-electron chi connectivity index (χ4n) is 4.67. The van der Waals surface area contributed by atoms with Crippen molar-refractivity contribution in [1.82, 2.24) is 24.2 Å². The molecular formula is C26H33N5O3. The lowest BCUT2D eigenvalue weighted by Gasteiger charge is -2.22. The molecule has 3 aromatic rings. The summed E-state index contributed by atoms with van der Waals surface area (Å²) < 4.78 is 3.81. The van der Waals surface area contributed by atoms with Crippen molar-refractivity contribution in [2.75, 3.05) is 13.6 Å². The highest BCUT2D eigenvalue weighted by Gasteiger charge is 2.25. The molecule has 1 aliphatic rings. The second-order valence-electron chi connectivity index (χ2n) is 9.77. The van der Waals surface area contributed by atoms with E-state index >= 15 is 0 Å². The number of carbonyl (C=O) groups is 2. The van der Waals surface area contributed by atoms with E-state index in [1.807, 2.05) is 54.3 Å². The van der Waals surface area contributed by atoms with Crippen molar-refractivity contribution < 1.29 is 9.59 Å². The fourth-order valence-corrected chi connectivity index (χ4v) is 4.67. The van der Waals surface area contributed by atoms with Gasteiger partial charge in [-0.2, -0.15) is 0 Å². The van der Waals surface area contributed by atoms with Gasteiger partial charge in [-0.1, -0.05) is 32.8 Å². The summed E-state index contributed by atoms with van der Waals surface area (Å²) in [5.74, 6) is -0.575. The highest BCUT2D eigenvalue weighted by molar-refractivity contribution is 5.99. The molecule has 1 N–H and O–H groups in total. The molecule has 0 saturated heterocycles. The van der Waals surface area contributed by atoms with Crippen molar-refractivity contribution >= 4 is 17.5 Å². The molecule has 8 heteroatoms. The van der Waals surface area contributed by atoms with Gasteiger partial charge in [-0.05, 0) is 37.3 Å². The first-order chi connectivity index (χ1) is 16.2. The zero-order chi connectivity index (χ0) is 24.4. The minimum absolute atomic E-state index is 0.00435. The number of pyridine rings is 2. The van der Waals surface area contributed by atoms with Crippen LogP contribution in [0.5, 0.6) is 0 Å². The van der Waals surface area contributed by atoms with Gasteiger partial charge in [0.05, 0.1) is 12.2 Å². The maximum absolute atomic E-state index is 13.3. The lowest BCUT2D eigenvalue weighted by atomic mass is 10.1.